The van der Waals surface area contributed by atoms with Crippen molar-refractivity contribution in [1.29, 1.82) is 0 Å². The lowest BCUT2D eigenvalue weighted by Crippen LogP contribution is -1.97. The molecule has 1 aromatic heterocycles. The maximum atomic E-state index is 10.5. The van der Waals surface area contributed by atoms with Crippen molar-refractivity contribution in [2.24, 2.45) is 0 Å². The van der Waals surface area contributed by atoms with Crippen molar-refractivity contribution in [3.05, 3.63) is 16.4 Å². The third-order valence-electron chi connectivity index (χ3n) is 2.00. The van der Waals surface area contributed by atoms with Gasteiger partial charge < -0.3 is 0 Å². The molecule has 15 heavy (non-hydrogen) atoms. The highest BCUT2D eigenvalue weighted by Gasteiger charge is 1.98. The molecule has 0 fully saturated rings. The van der Waals surface area contributed by atoms with Crippen molar-refractivity contribution in [3.8, 4) is 0 Å². The van der Waals surface area contributed by atoms with Gasteiger partial charge in [0, 0.05) is 6.42 Å². The molecule has 1 aromatic rings. The number of nitrogens with zero attached hydrogens (tertiary/aromatic N) is 1. The number of hydrogen-bond donors (Lipinski definition) is 1. The van der Waals surface area contributed by atoms with Crippen LogP contribution in [0.1, 0.15) is 58.7 Å². The fourth-order valence-electron chi connectivity index (χ4n) is 1.26. The van der Waals surface area contributed by atoms with Gasteiger partial charge in [0.15, 0.2) is 5.82 Å². The minimum Gasteiger partial charge on any atom is -0.296 e. The Bertz CT molecular complexity index is 278. The van der Waals surface area contributed by atoms with Crippen LogP contribution in [0.5, 0.6) is 0 Å². The zero-order valence-electron chi connectivity index (χ0n) is 10.0. The van der Waals surface area contributed by atoms with E-state index in [9.17, 15) is 4.79 Å². The third-order valence-corrected chi connectivity index (χ3v) is 2.00. The van der Waals surface area contributed by atoms with Gasteiger partial charge in [0.1, 0.15) is 0 Å². The van der Waals surface area contributed by atoms with Gasteiger partial charge in [-0.05, 0) is 6.42 Å². The highest BCUT2D eigenvalue weighted by atomic mass is 16.5. The van der Waals surface area contributed by atoms with Crippen LogP contribution in [0.3, 0.4) is 0 Å². The number of hydrogen-bond acceptors (Lipinski definition) is 3. The molecule has 1 heterocycles. The van der Waals surface area contributed by atoms with Crippen LogP contribution < -0.4 is 5.76 Å². The second kappa shape index (κ2) is 9.49. The zero-order chi connectivity index (χ0) is 11.5. The molecule has 1 N–H and O–H groups in total. The maximum Gasteiger partial charge on any atom is 0.438 e. The van der Waals surface area contributed by atoms with Crippen molar-refractivity contribution in [2.75, 3.05) is 0 Å². The minimum absolute atomic E-state index is 0.455. The Morgan fingerprint density at radius 2 is 1.87 bits per heavy atom. The predicted molar refractivity (Wildman–Crippen MR) is 60.9 cm³/mol. The topological polar surface area (TPSA) is 58.9 Å². The molecule has 0 unspecified atom stereocenters. The normalized spacial score (nSPS) is 9.53. The van der Waals surface area contributed by atoms with Crippen LogP contribution in [0.25, 0.3) is 0 Å². The summed E-state index contributed by atoms with van der Waals surface area (Å²) in [4.78, 5) is 13.1. The molecule has 0 aromatic carbocycles. The molecule has 0 spiro atoms. The van der Waals surface area contributed by atoms with E-state index in [0.717, 1.165) is 12.8 Å². The lowest BCUT2D eigenvalue weighted by Gasteiger charge is -1.96. The first-order valence-electron chi connectivity index (χ1n) is 5.88. The van der Waals surface area contributed by atoms with Crippen LogP contribution in [-0.4, -0.2) is 10.1 Å². The van der Waals surface area contributed by atoms with Gasteiger partial charge in [-0.1, -0.05) is 51.6 Å². The molecule has 0 aliphatic rings. The number of rotatable bonds is 6. The first-order chi connectivity index (χ1) is 7.33. The second-order valence-corrected chi connectivity index (χ2v) is 3.21. The maximum absolute atomic E-state index is 10.5. The van der Waals surface area contributed by atoms with Crippen molar-refractivity contribution >= 4 is 0 Å². The summed E-state index contributed by atoms with van der Waals surface area (Å²) in [6.45, 7) is 6.19. The molecular formula is C11H22N2O2. The molecular weight excluding hydrogens is 192 g/mol. The van der Waals surface area contributed by atoms with Gasteiger partial charge in [-0.2, -0.15) is 0 Å². The SMILES string of the molecule is CC.CCCCCCCc1noc(=O)[nH]1. The molecule has 0 saturated heterocycles. The molecule has 4 nitrogen and oxygen atoms in total. The van der Waals surface area contributed by atoms with E-state index >= 15 is 0 Å². The van der Waals surface area contributed by atoms with E-state index < -0.39 is 5.76 Å². The summed E-state index contributed by atoms with van der Waals surface area (Å²) in [5.74, 6) is 0.213. The van der Waals surface area contributed by atoms with Crippen molar-refractivity contribution < 1.29 is 4.52 Å². The fourth-order valence-corrected chi connectivity index (χ4v) is 1.26. The molecule has 0 bridgehead atoms. The smallest absolute Gasteiger partial charge is 0.296 e. The van der Waals surface area contributed by atoms with Crippen LogP contribution in [0.4, 0.5) is 0 Å². The molecule has 88 valence electrons. The van der Waals surface area contributed by atoms with Crippen LogP contribution in [0, 0.1) is 0 Å². The lowest BCUT2D eigenvalue weighted by atomic mass is 10.1. The first-order valence-corrected chi connectivity index (χ1v) is 5.88. The Labute approximate surface area is 91.1 Å². The predicted octanol–water partition coefficient (Wildman–Crippen LogP) is 2.90. The number of aromatic amines is 1. The summed E-state index contributed by atoms with van der Waals surface area (Å²) in [7, 11) is 0. The van der Waals surface area contributed by atoms with Gasteiger partial charge in [0.25, 0.3) is 0 Å². The average Bonchev–Trinajstić information content (AvgIpc) is 2.67. The Morgan fingerprint density at radius 1 is 1.20 bits per heavy atom. The second-order valence-electron chi connectivity index (χ2n) is 3.21. The van der Waals surface area contributed by atoms with Crippen molar-refractivity contribution in [1.82, 2.24) is 10.1 Å². The highest BCUT2D eigenvalue weighted by Crippen LogP contribution is 2.04. The molecule has 0 saturated carbocycles. The molecule has 0 radical (unpaired) electrons. The third kappa shape index (κ3) is 6.94. The van der Waals surface area contributed by atoms with Gasteiger partial charge in [0.2, 0.25) is 0 Å². The van der Waals surface area contributed by atoms with Gasteiger partial charge in [-0.3, -0.25) is 9.51 Å². The zero-order valence-corrected chi connectivity index (χ0v) is 10.0. The number of H-pyrrole nitrogens is 1. The number of unbranched alkanes of at least 4 members (excludes halogenated alkanes) is 4. The van der Waals surface area contributed by atoms with E-state index in [1.54, 1.807) is 0 Å². The molecule has 0 atom stereocenters. The Kier molecular flexibility index (Phi) is 8.82. The monoisotopic (exact) mass is 214 g/mol. The van der Waals surface area contributed by atoms with Crippen LogP contribution in [-0.2, 0) is 6.42 Å². The Hall–Kier alpha value is -1.06. The van der Waals surface area contributed by atoms with E-state index in [1.165, 1.54) is 25.7 Å². The van der Waals surface area contributed by atoms with E-state index in [4.69, 9.17) is 0 Å². The van der Waals surface area contributed by atoms with Gasteiger partial charge in [0.05, 0.1) is 0 Å². The molecule has 0 amide bonds. The summed E-state index contributed by atoms with van der Waals surface area (Å²) < 4.78 is 4.38. The summed E-state index contributed by atoms with van der Waals surface area (Å²) in [6.07, 6.45) is 6.88. The standard InChI is InChI=1S/C9H16N2O2.C2H6/c1-2-3-4-5-6-7-8-10-9(12)13-11-8;1-2/h2-7H2,1H3,(H,10,11,12);1-2H3. The average molecular weight is 214 g/mol. The molecule has 1 rings (SSSR count). The van der Waals surface area contributed by atoms with E-state index in [1.807, 2.05) is 13.8 Å². The summed E-state index contributed by atoms with van der Waals surface area (Å²) in [5.41, 5.74) is 0. The highest BCUT2D eigenvalue weighted by molar-refractivity contribution is 4.77. The van der Waals surface area contributed by atoms with Crippen molar-refractivity contribution in [3.63, 3.8) is 0 Å². The minimum atomic E-state index is -0.455. The van der Waals surface area contributed by atoms with E-state index in [0.29, 0.717) is 5.82 Å². The van der Waals surface area contributed by atoms with Gasteiger partial charge >= 0.3 is 5.76 Å². The largest absolute Gasteiger partial charge is 0.438 e. The molecule has 0 aliphatic carbocycles. The summed E-state index contributed by atoms with van der Waals surface area (Å²) in [5, 5.41) is 3.59. The molecule has 4 heteroatoms. The van der Waals surface area contributed by atoms with Crippen LogP contribution >= 0.6 is 0 Å². The number of aromatic nitrogens is 2. The van der Waals surface area contributed by atoms with E-state index in [2.05, 4.69) is 21.6 Å². The lowest BCUT2D eigenvalue weighted by molar-refractivity contribution is 0.380. The van der Waals surface area contributed by atoms with Gasteiger partial charge in [-0.15, -0.1) is 0 Å². The number of aryl methyl sites for hydroxylation is 1. The van der Waals surface area contributed by atoms with Crippen LogP contribution in [0.15, 0.2) is 9.32 Å². The first kappa shape index (κ1) is 13.9. The quantitative estimate of drug-likeness (QED) is 0.741. The Balaban J connectivity index is 0.000000921. The van der Waals surface area contributed by atoms with Crippen LogP contribution in [0.2, 0.25) is 0 Å². The van der Waals surface area contributed by atoms with Crippen molar-refractivity contribution in [2.45, 2.75) is 59.3 Å². The Morgan fingerprint density at radius 3 is 2.40 bits per heavy atom. The fraction of sp³-hybridized carbons (Fsp3) is 0.818. The number of nitrogens with one attached hydrogen (secondary N) is 1. The summed E-state index contributed by atoms with van der Waals surface area (Å²) >= 11 is 0. The molecule has 0 aliphatic heterocycles. The summed E-state index contributed by atoms with van der Waals surface area (Å²) in [6, 6.07) is 0. The van der Waals surface area contributed by atoms with Gasteiger partial charge in [-0.25, -0.2) is 4.79 Å². The van der Waals surface area contributed by atoms with E-state index in [-0.39, 0.29) is 0 Å².